The topological polar surface area (TPSA) is 0 Å². The summed E-state index contributed by atoms with van der Waals surface area (Å²) in [6.07, 6.45) is 17.6. The fraction of sp³-hybridized carbons (Fsp3) is 0. The standard InChI is InChI=1S/2C21H16P.Fe/c2*1-2-11-18(12-3-1)22(19-13-5-6-14-19)21-16-8-10-17-9-4-7-15-20(17)21;/h2*1-16H;/q;;+2/t2*22-;/m00./s1. The molecule has 2 atom stereocenters. The van der Waals surface area contributed by atoms with E-state index in [4.69, 9.17) is 0 Å². The van der Waals surface area contributed by atoms with Crippen molar-refractivity contribution in [1.29, 1.82) is 0 Å². The molecule has 0 N–H and O–H groups in total. The second kappa shape index (κ2) is 15.7. The van der Waals surface area contributed by atoms with Crippen LogP contribution in [0.4, 0.5) is 0 Å². The van der Waals surface area contributed by atoms with E-state index in [1.807, 2.05) is 0 Å². The SMILES string of the molecule is [CH]1[CH][CH][C]([P@](c2ccccc2)c2cccc3ccccc23)[CH]1.[CH]1[CH][CH][C]([P@](c2ccccc2)c2cccc3ccccc23)[CH]1.[Fe+2]. The third-order valence-electron chi connectivity index (χ3n) is 7.85. The fourth-order valence-electron chi connectivity index (χ4n) is 5.84. The Morgan fingerprint density at radius 3 is 1.04 bits per heavy atom. The van der Waals surface area contributed by atoms with Crippen molar-refractivity contribution in [2.75, 3.05) is 0 Å². The Morgan fingerprint density at radius 2 is 0.644 bits per heavy atom. The van der Waals surface area contributed by atoms with Gasteiger partial charge in [-0.1, -0.05) is 146 Å². The average Bonchev–Trinajstić information content (AvgIpc) is 3.83. The molecule has 45 heavy (non-hydrogen) atoms. The van der Waals surface area contributed by atoms with Crippen molar-refractivity contribution in [2.24, 2.45) is 0 Å². The van der Waals surface area contributed by atoms with E-state index in [9.17, 15) is 0 Å². The largest absolute Gasteiger partial charge is 2.00 e. The third kappa shape index (κ3) is 7.30. The molecule has 0 saturated heterocycles. The minimum Gasteiger partial charge on any atom is -0.0622 e. The molecule has 6 aromatic rings. The quantitative estimate of drug-likeness (QED) is 0.124. The van der Waals surface area contributed by atoms with Crippen molar-refractivity contribution >= 4 is 58.6 Å². The summed E-state index contributed by atoms with van der Waals surface area (Å²) < 4.78 is 0. The van der Waals surface area contributed by atoms with E-state index >= 15 is 0 Å². The van der Waals surface area contributed by atoms with Gasteiger partial charge in [0.15, 0.2) is 0 Å². The molecular formula is C42H32FeP2+2. The molecule has 6 aromatic carbocycles. The summed E-state index contributed by atoms with van der Waals surface area (Å²) in [7, 11) is -1.02. The molecule has 0 heterocycles. The average molecular weight is 655 g/mol. The van der Waals surface area contributed by atoms with Gasteiger partial charge in [0, 0.05) is 11.3 Å². The fourth-order valence-corrected chi connectivity index (χ4v) is 10.8. The second-order valence-corrected chi connectivity index (χ2v) is 15.0. The zero-order valence-corrected chi connectivity index (χ0v) is 27.6. The van der Waals surface area contributed by atoms with Gasteiger partial charge in [-0.3, -0.25) is 0 Å². The van der Waals surface area contributed by atoms with Crippen LogP contribution in [0.2, 0.25) is 0 Å². The first-order chi connectivity index (χ1) is 21.9. The van der Waals surface area contributed by atoms with Gasteiger partial charge in [0.25, 0.3) is 0 Å². The van der Waals surface area contributed by atoms with Crippen LogP contribution in [0.15, 0.2) is 146 Å². The smallest absolute Gasteiger partial charge is 0.0622 e. The molecule has 2 saturated carbocycles. The Morgan fingerprint density at radius 1 is 0.311 bits per heavy atom. The molecule has 0 aromatic heterocycles. The van der Waals surface area contributed by atoms with Gasteiger partial charge in [-0.15, -0.1) is 0 Å². The van der Waals surface area contributed by atoms with Gasteiger partial charge in [-0.05, 0) is 110 Å². The third-order valence-corrected chi connectivity index (χ3v) is 12.9. The summed E-state index contributed by atoms with van der Waals surface area (Å²) in [5.74, 6) is 0. The van der Waals surface area contributed by atoms with Crippen molar-refractivity contribution in [3.05, 3.63) is 208 Å². The van der Waals surface area contributed by atoms with Gasteiger partial charge >= 0.3 is 17.1 Å². The Bertz CT molecular complexity index is 1650. The van der Waals surface area contributed by atoms with Crippen LogP contribution in [0.5, 0.6) is 0 Å². The molecule has 0 amide bonds. The second-order valence-electron chi connectivity index (χ2n) is 10.6. The normalized spacial score (nSPS) is 16.5. The molecule has 0 unspecified atom stereocenters. The Kier molecular flexibility index (Phi) is 11.2. The summed E-state index contributed by atoms with van der Waals surface area (Å²) in [6.45, 7) is 0. The molecule has 8 rings (SSSR count). The summed E-state index contributed by atoms with van der Waals surface area (Å²) in [5, 5.41) is 11.0. The zero-order valence-electron chi connectivity index (χ0n) is 24.7. The Labute approximate surface area is 282 Å². The van der Waals surface area contributed by atoms with Crippen LogP contribution in [0.25, 0.3) is 21.5 Å². The summed E-state index contributed by atoms with van der Waals surface area (Å²) in [6, 6.07) is 52.4. The van der Waals surface area contributed by atoms with E-state index < -0.39 is 15.8 Å². The van der Waals surface area contributed by atoms with E-state index in [0.717, 1.165) is 0 Å². The van der Waals surface area contributed by atoms with Crippen LogP contribution in [0.3, 0.4) is 0 Å². The predicted octanol–water partition coefficient (Wildman–Crippen LogP) is 9.27. The molecule has 3 heteroatoms. The van der Waals surface area contributed by atoms with Gasteiger partial charge in [0.05, 0.1) is 0 Å². The summed E-state index contributed by atoms with van der Waals surface area (Å²) in [5.41, 5.74) is 2.83. The molecule has 10 radical (unpaired) electrons. The Hall–Kier alpha value is -2.78. The summed E-state index contributed by atoms with van der Waals surface area (Å²) >= 11 is 0. The molecule has 2 aliphatic carbocycles. The molecule has 2 aliphatic rings. The number of benzene rings is 6. The van der Waals surface area contributed by atoms with Gasteiger partial charge in [-0.2, -0.15) is 0 Å². The number of rotatable bonds is 6. The van der Waals surface area contributed by atoms with E-state index in [0.29, 0.717) is 0 Å². The first-order valence-electron chi connectivity index (χ1n) is 15.0. The van der Waals surface area contributed by atoms with Crippen molar-refractivity contribution in [2.45, 2.75) is 0 Å². The van der Waals surface area contributed by atoms with Crippen LogP contribution in [0.1, 0.15) is 0 Å². The zero-order chi connectivity index (χ0) is 29.6. The minimum absolute atomic E-state index is 0. The first kappa shape index (κ1) is 32.2. The summed E-state index contributed by atoms with van der Waals surface area (Å²) in [4.78, 5) is 0. The van der Waals surface area contributed by atoms with Crippen molar-refractivity contribution < 1.29 is 17.1 Å². The van der Waals surface area contributed by atoms with Gasteiger partial charge < -0.3 is 0 Å². The van der Waals surface area contributed by atoms with Crippen molar-refractivity contribution in [3.63, 3.8) is 0 Å². The van der Waals surface area contributed by atoms with Crippen LogP contribution in [0, 0.1) is 62.7 Å². The van der Waals surface area contributed by atoms with Gasteiger partial charge in [0.1, 0.15) is 0 Å². The van der Waals surface area contributed by atoms with E-state index in [1.165, 1.54) is 54.1 Å². The monoisotopic (exact) mass is 654 g/mol. The Balaban J connectivity index is 0.000000155. The number of fused-ring (bicyclic) bond motifs is 2. The van der Waals surface area contributed by atoms with E-state index in [2.05, 4.69) is 197 Å². The van der Waals surface area contributed by atoms with E-state index in [1.54, 1.807) is 0 Å². The maximum atomic E-state index is 2.29. The van der Waals surface area contributed by atoms with Crippen LogP contribution < -0.4 is 21.2 Å². The van der Waals surface area contributed by atoms with Crippen molar-refractivity contribution in [3.8, 4) is 0 Å². The molecule has 216 valence electrons. The molecule has 0 nitrogen and oxygen atoms in total. The molecule has 2 fully saturated rings. The van der Waals surface area contributed by atoms with Gasteiger partial charge in [-0.25, -0.2) is 0 Å². The number of hydrogen-bond acceptors (Lipinski definition) is 0. The van der Waals surface area contributed by atoms with Crippen LogP contribution >= 0.6 is 15.8 Å². The predicted molar refractivity (Wildman–Crippen MR) is 194 cm³/mol. The van der Waals surface area contributed by atoms with Crippen molar-refractivity contribution in [1.82, 2.24) is 0 Å². The molecule has 0 bridgehead atoms. The van der Waals surface area contributed by atoms with Crippen LogP contribution in [-0.2, 0) is 17.1 Å². The van der Waals surface area contributed by atoms with Gasteiger partial charge in [0.2, 0.25) is 0 Å². The molecule has 0 aliphatic heterocycles. The molecule has 0 spiro atoms. The first-order valence-corrected chi connectivity index (χ1v) is 17.6. The maximum absolute atomic E-state index is 2.29. The van der Waals surface area contributed by atoms with Crippen LogP contribution in [-0.4, -0.2) is 0 Å². The van der Waals surface area contributed by atoms with E-state index in [-0.39, 0.29) is 17.1 Å². The number of hydrogen-bond donors (Lipinski definition) is 0. The maximum Gasteiger partial charge on any atom is 2.00 e. The molecular weight excluding hydrogens is 622 g/mol. The minimum atomic E-state index is -0.509.